The molecule has 0 radical (unpaired) electrons. The Hall–Kier alpha value is -5.86. The van der Waals surface area contributed by atoms with Crippen LogP contribution in [0.3, 0.4) is 0 Å². The summed E-state index contributed by atoms with van der Waals surface area (Å²) in [4.78, 5) is 40.2. The number of nitrogens with two attached hydrogens (primary N) is 1. The average molecular weight is 743 g/mol. The summed E-state index contributed by atoms with van der Waals surface area (Å²) in [6.45, 7) is 1.57. The first-order chi connectivity index (χ1) is 26.0. The number of piperidine rings is 2. The third-order valence-electron chi connectivity index (χ3n) is 10.7. The summed E-state index contributed by atoms with van der Waals surface area (Å²) in [5.74, 6) is -5.49. The lowest BCUT2D eigenvalue weighted by Gasteiger charge is -2.34. The van der Waals surface area contributed by atoms with E-state index in [1.165, 1.54) is 35.1 Å². The lowest BCUT2D eigenvalue weighted by molar-refractivity contribution is -0.134. The minimum atomic E-state index is -1.16. The first kappa shape index (κ1) is 36.5. The van der Waals surface area contributed by atoms with Crippen LogP contribution in [-0.4, -0.2) is 70.0 Å². The van der Waals surface area contributed by atoms with Crippen LogP contribution in [0.15, 0.2) is 54.9 Å². The molecule has 280 valence electrons. The highest BCUT2D eigenvalue weighted by molar-refractivity contribution is 6.01. The molecule has 2 fully saturated rings. The Bertz CT molecular complexity index is 2170. The van der Waals surface area contributed by atoms with E-state index in [9.17, 15) is 14.4 Å². The second-order valence-corrected chi connectivity index (χ2v) is 13.8. The van der Waals surface area contributed by atoms with E-state index in [0.717, 1.165) is 6.21 Å². The normalized spacial score (nSPS) is 18.1. The number of nitrogens with zero attached hydrogens (tertiary/aromatic N) is 5. The van der Waals surface area contributed by atoms with Crippen LogP contribution in [0, 0.1) is 28.7 Å². The zero-order valence-electron chi connectivity index (χ0n) is 29.3. The van der Waals surface area contributed by atoms with Crippen LogP contribution in [0.1, 0.15) is 72.6 Å². The molecule has 11 nitrogen and oxygen atoms in total. The molecule has 2 saturated heterocycles. The van der Waals surface area contributed by atoms with Crippen molar-refractivity contribution in [3.63, 3.8) is 0 Å². The van der Waals surface area contributed by atoms with Crippen molar-refractivity contribution in [2.75, 3.05) is 36.8 Å². The summed E-state index contributed by atoms with van der Waals surface area (Å²) in [6, 6.07) is 8.85. The van der Waals surface area contributed by atoms with E-state index in [0.29, 0.717) is 68.7 Å². The minimum Gasteiger partial charge on any atom is -0.396 e. The van der Waals surface area contributed by atoms with Crippen molar-refractivity contribution in [1.29, 1.82) is 5.41 Å². The van der Waals surface area contributed by atoms with Crippen LogP contribution in [0.25, 0.3) is 16.7 Å². The van der Waals surface area contributed by atoms with Gasteiger partial charge in [0.1, 0.15) is 5.82 Å². The highest BCUT2D eigenvalue weighted by Gasteiger charge is 2.31. The molecular weight excluding hydrogens is 704 g/mol. The van der Waals surface area contributed by atoms with Crippen LogP contribution in [0.4, 0.5) is 28.9 Å². The molecule has 0 bridgehead atoms. The largest absolute Gasteiger partial charge is 0.396 e. The van der Waals surface area contributed by atoms with Gasteiger partial charge in [0, 0.05) is 68.1 Å². The van der Waals surface area contributed by atoms with E-state index in [2.05, 4.69) is 15.6 Å². The molecular formula is C39H38F4N8O3. The average Bonchev–Trinajstić information content (AvgIpc) is 3.70. The predicted molar refractivity (Wildman–Crippen MR) is 194 cm³/mol. The van der Waals surface area contributed by atoms with E-state index in [4.69, 9.17) is 11.1 Å². The third kappa shape index (κ3) is 7.09. The Morgan fingerprint density at radius 1 is 0.963 bits per heavy atom. The van der Waals surface area contributed by atoms with Gasteiger partial charge in [0.25, 0.3) is 0 Å². The van der Waals surface area contributed by atoms with Gasteiger partial charge in [0.15, 0.2) is 17.5 Å². The molecule has 1 atom stereocenters. The number of aryl methyl sites for hydroxylation is 1. The van der Waals surface area contributed by atoms with E-state index in [1.807, 2.05) is 4.90 Å². The monoisotopic (exact) mass is 742 g/mol. The van der Waals surface area contributed by atoms with Gasteiger partial charge < -0.3 is 20.9 Å². The van der Waals surface area contributed by atoms with Gasteiger partial charge in [-0.2, -0.15) is 0 Å². The van der Waals surface area contributed by atoms with Gasteiger partial charge in [-0.25, -0.2) is 17.6 Å². The highest BCUT2D eigenvalue weighted by atomic mass is 19.2. The number of nitrogens with one attached hydrogen (secondary N) is 2. The molecule has 4 heterocycles. The fourth-order valence-electron chi connectivity index (χ4n) is 7.71. The number of carbonyl (C=O) groups is 3. The molecule has 0 aliphatic carbocycles. The number of halogens is 4. The first-order valence-electron chi connectivity index (χ1n) is 17.8. The van der Waals surface area contributed by atoms with Crippen molar-refractivity contribution in [1.82, 2.24) is 25.2 Å². The van der Waals surface area contributed by atoms with E-state index in [1.54, 1.807) is 29.3 Å². The Morgan fingerprint density at radius 2 is 1.76 bits per heavy atom. The number of anilines is 2. The molecule has 3 aliphatic rings. The topological polar surface area (TPSA) is 150 Å². The summed E-state index contributed by atoms with van der Waals surface area (Å²) >= 11 is 0. The third-order valence-corrected chi connectivity index (χ3v) is 10.7. The molecule has 7 rings (SSSR count). The maximum atomic E-state index is 16.1. The van der Waals surface area contributed by atoms with E-state index in [-0.39, 0.29) is 70.6 Å². The maximum absolute atomic E-state index is 16.1. The number of hydrogen-bond acceptors (Lipinski definition) is 8. The fraction of sp³-hybridized carbons (Fsp3) is 0.333. The highest BCUT2D eigenvalue weighted by Crippen LogP contribution is 2.40. The van der Waals surface area contributed by atoms with Crippen LogP contribution in [0.2, 0.25) is 0 Å². The number of benzene rings is 3. The zero-order chi connectivity index (χ0) is 38.1. The Balaban J connectivity index is 1.07. The molecule has 3 aliphatic heterocycles. The number of amides is 3. The molecule has 0 saturated carbocycles. The molecule has 3 amide bonds. The quantitative estimate of drug-likeness (QED) is 0.0863. The van der Waals surface area contributed by atoms with Crippen molar-refractivity contribution >= 4 is 40.9 Å². The van der Waals surface area contributed by atoms with Gasteiger partial charge in [-0.3, -0.25) is 24.4 Å². The number of rotatable bonds is 9. The second kappa shape index (κ2) is 15.2. The molecule has 4 aromatic rings. The van der Waals surface area contributed by atoms with Crippen LogP contribution in [0.5, 0.6) is 0 Å². The van der Waals surface area contributed by atoms with Crippen LogP contribution < -0.4 is 16.0 Å². The van der Waals surface area contributed by atoms with Crippen molar-refractivity contribution in [2.45, 2.75) is 56.9 Å². The number of carbonyl (C=O) groups excluding carboxylic acids is 3. The number of imide groups is 1. The Labute approximate surface area is 308 Å². The molecule has 15 heteroatoms. The van der Waals surface area contributed by atoms with E-state index < -0.39 is 35.1 Å². The van der Waals surface area contributed by atoms with Gasteiger partial charge in [-0.1, -0.05) is 29.5 Å². The Kier molecular flexibility index (Phi) is 10.3. The summed E-state index contributed by atoms with van der Waals surface area (Å²) in [6.07, 6.45) is 7.67. The van der Waals surface area contributed by atoms with Gasteiger partial charge in [0.05, 0.1) is 30.0 Å². The summed E-state index contributed by atoms with van der Waals surface area (Å²) in [7, 11) is 0. The standard InChI is InChI=1S/C39H38F4N8O3/c40-31-18-23(26-6-8-33(52)47-39(26)54)3-7-32(31)49-14-9-22(10-15-49)25-4-5-27(36(42)35(25)41)29-19-28(37(43)38(45)30(29)20-44)24-2-1-13-50(21-24)34(53)11-16-51-17-12-46-48-51/h2-5,7,12,17-20,22,26,44H,1,6,8-11,13-16,21,45H2,(H,47,52,54). The molecule has 54 heavy (non-hydrogen) atoms. The van der Waals surface area contributed by atoms with E-state index >= 15 is 17.6 Å². The maximum Gasteiger partial charge on any atom is 0.234 e. The lowest BCUT2D eigenvalue weighted by atomic mass is 9.86. The number of nitrogen functional groups attached to an aromatic ring is 1. The fourth-order valence-corrected chi connectivity index (χ4v) is 7.71. The number of hydrogen-bond donors (Lipinski definition) is 3. The zero-order valence-corrected chi connectivity index (χ0v) is 29.3. The van der Waals surface area contributed by atoms with Crippen molar-refractivity contribution in [2.24, 2.45) is 0 Å². The SMILES string of the molecule is N=Cc1c(-c2ccc(C3CCN(c4ccc(C5CCC(=O)NC5=O)cc4F)CC3)c(F)c2F)cc(C2=CCCN(C(=O)CCn3ccnn3)C2)c(F)c1N. The van der Waals surface area contributed by atoms with Crippen molar-refractivity contribution in [3.8, 4) is 11.1 Å². The van der Waals surface area contributed by atoms with Crippen LogP contribution >= 0.6 is 0 Å². The lowest BCUT2D eigenvalue weighted by Crippen LogP contribution is -2.39. The van der Waals surface area contributed by atoms with Crippen molar-refractivity contribution < 1.29 is 31.9 Å². The number of aromatic nitrogens is 3. The Morgan fingerprint density at radius 3 is 2.46 bits per heavy atom. The molecule has 4 N–H and O–H groups in total. The molecule has 3 aromatic carbocycles. The van der Waals surface area contributed by atoms with Gasteiger partial charge in [0.2, 0.25) is 17.7 Å². The minimum absolute atomic E-state index is 0.0375. The summed E-state index contributed by atoms with van der Waals surface area (Å²) in [5.41, 5.74) is 7.02. The van der Waals surface area contributed by atoms with Crippen LogP contribution in [-0.2, 0) is 20.9 Å². The van der Waals surface area contributed by atoms with Gasteiger partial charge in [-0.05, 0) is 72.1 Å². The molecule has 1 unspecified atom stereocenters. The smallest absolute Gasteiger partial charge is 0.234 e. The first-order valence-corrected chi connectivity index (χ1v) is 17.8. The van der Waals surface area contributed by atoms with Crippen molar-refractivity contribution in [3.05, 3.63) is 100 Å². The summed E-state index contributed by atoms with van der Waals surface area (Å²) in [5, 5.41) is 17.9. The molecule has 0 spiro atoms. The molecule has 1 aromatic heterocycles. The summed E-state index contributed by atoms with van der Waals surface area (Å²) < 4.78 is 64.6. The second-order valence-electron chi connectivity index (χ2n) is 13.8. The van der Waals surface area contributed by atoms with Gasteiger partial charge >= 0.3 is 0 Å². The van der Waals surface area contributed by atoms with Gasteiger partial charge in [-0.15, -0.1) is 5.10 Å². The predicted octanol–water partition coefficient (Wildman–Crippen LogP) is 5.69.